The lowest BCUT2D eigenvalue weighted by Gasteiger charge is -2.36. The normalized spacial score (nSPS) is 25.7. The molecule has 78 heavy (non-hydrogen) atoms. The van der Waals surface area contributed by atoms with E-state index in [1.807, 2.05) is 12.4 Å². The maximum atomic E-state index is 14.4. The van der Waals surface area contributed by atoms with Crippen LogP contribution < -0.4 is 0 Å². The number of aryl methyl sites for hydroxylation is 4. The number of likely N-dealkylation sites (tertiary alicyclic amines) is 4. The molecule has 2 aromatic heterocycles. The number of ether oxygens (including phenoxy) is 2. The zero-order valence-electron chi connectivity index (χ0n) is 45.1. The Balaban J connectivity index is 0.698. The van der Waals surface area contributed by atoms with E-state index in [-0.39, 0.29) is 36.0 Å². The molecule has 14 nitrogen and oxygen atoms in total. The van der Waals surface area contributed by atoms with Crippen molar-refractivity contribution in [3.63, 3.8) is 0 Å². The summed E-state index contributed by atoms with van der Waals surface area (Å²) in [7, 11) is 2.78. The lowest BCUT2D eigenvalue weighted by Crippen LogP contribution is -2.51. The van der Waals surface area contributed by atoms with Crippen molar-refractivity contribution in [1.82, 2.24) is 39.5 Å². The number of carbonyl (C=O) groups is 4. The van der Waals surface area contributed by atoms with E-state index in [9.17, 15) is 19.2 Å². The molecule has 2 N–H and O–H groups in total. The number of aromatic nitrogens is 4. The molecule has 8 atom stereocenters. The number of rotatable bonds is 8. The van der Waals surface area contributed by atoms with Crippen LogP contribution in [0.3, 0.4) is 0 Å². The average molecular weight is 1050 g/mol. The number of hydrogen-bond acceptors (Lipinski definition) is 8. The van der Waals surface area contributed by atoms with Gasteiger partial charge in [-0.25, -0.2) is 19.6 Å². The van der Waals surface area contributed by atoms with Crippen molar-refractivity contribution in [2.24, 2.45) is 11.8 Å². The van der Waals surface area contributed by atoms with Gasteiger partial charge in [0.25, 0.3) is 0 Å². The van der Waals surface area contributed by atoms with E-state index in [1.165, 1.54) is 71.6 Å². The molecular weight excluding hydrogens is 977 g/mol. The van der Waals surface area contributed by atoms with Gasteiger partial charge in [-0.1, -0.05) is 111 Å². The predicted molar refractivity (Wildman–Crippen MR) is 298 cm³/mol. The number of carbonyl (C=O) groups excluding carboxylic acids is 4. The minimum Gasteiger partial charge on any atom is -0.453 e. The van der Waals surface area contributed by atoms with E-state index in [0.29, 0.717) is 37.8 Å². The van der Waals surface area contributed by atoms with Crippen molar-refractivity contribution in [1.29, 1.82) is 0 Å². The summed E-state index contributed by atoms with van der Waals surface area (Å²) >= 11 is 0. The van der Waals surface area contributed by atoms with Crippen LogP contribution in [0.2, 0.25) is 0 Å². The number of nitrogens with zero attached hydrogens (tertiary/aromatic N) is 6. The van der Waals surface area contributed by atoms with Crippen LogP contribution in [0.25, 0.3) is 44.8 Å². The number of methoxy groups -OCH3 is 2. The van der Waals surface area contributed by atoms with Crippen LogP contribution in [0, 0.1) is 11.8 Å². The third-order valence-corrected chi connectivity index (χ3v) is 19.1. The number of imidazole rings is 2. The van der Waals surface area contributed by atoms with Gasteiger partial charge in [-0.05, 0) is 146 Å². The highest BCUT2D eigenvalue weighted by Crippen LogP contribution is 2.49. The fourth-order valence-electron chi connectivity index (χ4n) is 15.1. The van der Waals surface area contributed by atoms with Crippen LogP contribution in [0.5, 0.6) is 0 Å². The maximum absolute atomic E-state index is 14.4. The van der Waals surface area contributed by atoms with Gasteiger partial charge in [-0.2, -0.15) is 0 Å². The number of hydrogen-bond donors (Lipinski definition) is 2. The molecule has 6 heterocycles. The smallest absolute Gasteiger partial charge is 0.410 e. The zero-order valence-corrected chi connectivity index (χ0v) is 45.1. The molecule has 4 saturated heterocycles. The highest BCUT2D eigenvalue weighted by Gasteiger charge is 2.51. The second-order valence-corrected chi connectivity index (χ2v) is 23.3. The second kappa shape index (κ2) is 21.2. The van der Waals surface area contributed by atoms with Crippen molar-refractivity contribution in [3.05, 3.63) is 131 Å². The van der Waals surface area contributed by atoms with E-state index >= 15 is 0 Å². The topological polar surface area (TPSA) is 157 Å². The van der Waals surface area contributed by atoms with Crippen molar-refractivity contribution in [2.45, 2.75) is 152 Å². The Morgan fingerprint density at radius 2 is 0.897 bits per heavy atom. The molecule has 0 radical (unpaired) electrons. The van der Waals surface area contributed by atoms with Crippen LogP contribution in [0.1, 0.15) is 136 Å². The van der Waals surface area contributed by atoms with Crippen molar-refractivity contribution in [3.8, 4) is 44.8 Å². The molecule has 6 fully saturated rings. The van der Waals surface area contributed by atoms with E-state index in [2.05, 4.69) is 105 Å². The van der Waals surface area contributed by atoms with Gasteiger partial charge in [0.05, 0.1) is 37.7 Å². The number of amides is 4. The van der Waals surface area contributed by atoms with Crippen LogP contribution >= 0.6 is 0 Å². The van der Waals surface area contributed by atoms with Crippen LogP contribution in [0.4, 0.5) is 9.59 Å². The molecule has 14 heteroatoms. The number of aromatic amines is 2. The summed E-state index contributed by atoms with van der Waals surface area (Å²) in [6.07, 6.45) is 20.2. The summed E-state index contributed by atoms with van der Waals surface area (Å²) in [6, 6.07) is 30.7. The number of fused-ring (bicyclic) bond motifs is 2. The monoisotopic (exact) mass is 1050 g/mol. The Morgan fingerprint density at radius 3 is 1.32 bits per heavy atom. The average Bonchev–Trinajstić information content (AvgIpc) is 4.40. The Morgan fingerprint density at radius 1 is 0.487 bits per heavy atom. The molecule has 4 aromatic carbocycles. The van der Waals surface area contributed by atoms with E-state index in [0.717, 1.165) is 124 Å². The van der Waals surface area contributed by atoms with Gasteiger partial charge in [0, 0.05) is 48.7 Å². The second-order valence-electron chi connectivity index (χ2n) is 23.3. The summed E-state index contributed by atoms with van der Waals surface area (Å²) < 4.78 is 10.2. The highest BCUT2D eigenvalue weighted by atomic mass is 16.5. The van der Waals surface area contributed by atoms with Crippen molar-refractivity contribution in [2.75, 3.05) is 27.3 Å². The molecule has 1 unspecified atom stereocenters. The lowest BCUT2D eigenvalue weighted by molar-refractivity contribution is -0.140. The summed E-state index contributed by atoms with van der Waals surface area (Å²) in [5, 5.41) is 0. The third kappa shape index (κ3) is 9.25. The Bertz CT molecular complexity index is 3010. The van der Waals surface area contributed by atoms with Gasteiger partial charge < -0.3 is 29.2 Å². The van der Waals surface area contributed by atoms with Crippen LogP contribution in [0.15, 0.2) is 97.3 Å². The van der Waals surface area contributed by atoms with Gasteiger partial charge in [0.1, 0.15) is 23.7 Å². The summed E-state index contributed by atoms with van der Waals surface area (Å²) in [4.78, 5) is 79.1. The maximum Gasteiger partial charge on any atom is 0.410 e. The number of nitrogens with one attached hydrogen (secondary N) is 2. The molecule has 4 bridgehead atoms. The fourth-order valence-corrected chi connectivity index (χ4v) is 15.1. The fraction of sp³-hybridized carbons (Fsp3) is 0.469. The van der Waals surface area contributed by atoms with E-state index < -0.39 is 24.3 Å². The largest absolute Gasteiger partial charge is 0.453 e. The minimum absolute atomic E-state index is 0.0325. The van der Waals surface area contributed by atoms with Crippen molar-refractivity contribution >= 4 is 24.0 Å². The molecule has 4 aliphatic heterocycles. The Hall–Kier alpha value is -7.22. The molecule has 2 saturated carbocycles. The molecule has 16 rings (SSSR count). The summed E-state index contributed by atoms with van der Waals surface area (Å²) in [5.41, 5.74) is 14.0. The first-order valence-electron chi connectivity index (χ1n) is 29.1. The van der Waals surface area contributed by atoms with Gasteiger partial charge in [-0.3, -0.25) is 19.4 Å². The summed E-state index contributed by atoms with van der Waals surface area (Å²) in [5.74, 6) is 2.58. The number of H-pyrrole nitrogens is 2. The van der Waals surface area contributed by atoms with Crippen molar-refractivity contribution < 1.29 is 28.7 Å². The molecule has 0 spiro atoms. The first kappa shape index (κ1) is 50.3. The molecule has 404 valence electrons. The minimum atomic E-state index is -0.492. The van der Waals surface area contributed by atoms with Gasteiger partial charge in [0.15, 0.2) is 0 Å². The molecular formula is C64H72N8O6. The number of benzene rings is 4. The van der Waals surface area contributed by atoms with Gasteiger partial charge in [-0.15, -0.1) is 0 Å². The lowest BCUT2D eigenvalue weighted by atomic mass is 9.84. The quantitative estimate of drug-likeness (QED) is 0.153. The highest BCUT2D eigenvalue weighted by molar-refractivity contribution is 5.88. The Labute approximate surface area is 457 Å². The van der Waals surface area contributed by atoms with Gasteiger partial charge in [0.2, 0.25) is 11.8 Å². The third-order valence-electron chi connectivity index (χ3n) is 19.1. The van der Waals surface area contributed by atoms with Gasteiger partial charge >= 0.3 is 12.2 Å². The van der Waals surface area contributed by atoms with E-state index in [4.69, 9.17) is 19.4 Å². The van der Waals surface area contributed by atoms with Crippen LogP contribution in [-0.4, -0.2) is 115 Å². The predicted octanol–water partition coefficient (Wildman–Crippen LogP) is 11.8. The van der Waals surface area contributed by atoms with Crippen LogP contribution in [-0.2, 0) is 44.7 Å². The summed E-state index contributed by atoms with van der Waals surface area (Å²) in [6.45, 7) is 1.09. The first-order valence-corrected chi connectivity index (χ1v) is 29.1. The van der Waals surface area contributed by atoms with E-state index in [1.54, 1.807) is 9.80 Å². The SMILES string of the molecule is COC(=O)N1CCCC1C(=O)N1[C@H](c2nc(-c3ccc(-c4cc5ccc4CCc4ccc(c(-c6ccc(-c7c[nH]c([C@@H]8C[C@@H]9CCCC[C@@H]9N8C(=O)[C@@H]8CCCN8C(=O)OC)n7)cc6)c4)CC5)cc3)c[nH]2)C[C@@H]2CCCC[C@@H]21. The molecule has 6 aliphatic carbocycles. The molecule has 6 aromatic rings. The molecule has 4 amide bonds. The standard InChI is InChI=1S/C64H72N8O6/c1-77-63(75)69-31-7-13-55(69)61(73)71-53-11-5-3-9-47(53)35-57(71)59-65-37-51(67-59)45-27-23-43(24-28-45)49-33-39-15-19-41(49)21-17-40-16-20-42(22-18-39)50(34-40)44-25-29-46(30-26-44)52-38-66-60(68-52)58-36-48-10-4-6-12-54(48)72(58)62(74)56-14-8-32-70(56)64(76)78-2/h15-16,19-20,23-30,33-34,37-38,47-48,53-58H,3-14,17-18,21-22,31-32,35-36H2,1-2H3,(H,65,67)(H,66,68)/t47-,48-,53-,54-,55-,56?,57-,58-/m0/s1. The molecule has 10 aliphatic rings. The Kier molecular flexibility index (Phi) is 13.7. The zero-order chi connectivity index (χ0) is 53.0. The first-order chi connectivity index (χ1) is 38.2.